The summed E-state index contributed by atoms with van der Waals surface area (Å²) in [6.45, 7) is 4.63. The SMILES string of the molecule is CCOc1ncccc1C1(NC(=O)N2CC3(CCNCC3)C2)C(=O)N(S(=O)(=O)c2ccc(OC)cc2OC)c2ccc(C#N)cc21.O=C(O)C(F)(F)F. The maximum absolute atomic E-state index is 15.0. The van der Waals surface area contributed by atoms with Gasteiger partial charge in [0.05, 0.1) is 43.7 Å². The van der Waals surface area contributed by atoms with Crippen LogP contribution in [0.1, 0.15) is 36.5 Å². The van der Waals surface area contributed by atoms with Crippen molar-refractivity contribution in [3.05, 3.63) is 71.4 Å². The Hall–Kier alpha value is -5.61. The minimum Gasteiger partial charge on any atom is -0.497 e. The number of carboxylic acid groups (broad SMARTS) is 1. The van der Waals surface area contributed by atoms with Crippen molar-refractivity contribution in [1.29, 1.82) is 5.26 Å². The minimum absolute atomic E-state index is 0.00754. The van der Waals surface area contributed by atoms with E-state index >= 15 is 4.79 Å². The number of benzene rings is 2. The maximum atomic E-state index is 15.0. The summed E-state index contributed by atoms with van der Waals surface area (Å²) in [5.74, 6) is -3.41. The number of aliphatic carboxylic acids is 1. The Bertz CT molecular complexity index is 2060. The van der Waals surface area contributed by atoms with Gasteiger partial charge in [-0.2, -0.15) is 22.7 Å². The zero-order valence-electron chi connectivity index (χ0n) is 28.7. The molecule has 15 nitrogen and oxygen atoms in total. The smallest absolute Gasteiger partial charge is 0.490 e. The maximum Gasteiger partial charge on any atom is 0.490 e. The van der Waals surface area contributed by atoms with Gasteiger partial charge in [-0.05, 0) is 75.3 Å². The molecule has 282 valence electrons. The molecule has 0 bridgehead atoms. The highest BCUT2D eigenvalue weighted by Crippen LogP contribution is 2.50. The van der Waals surface area contributed by atoms with Crippen LogP contribution in [0.15, 0.2) is 59.6 Å². The van der Waals surface area contributed by atoms with Crippen LogP contribution in [0.2, 0.25) is 0 Å². The van der Waals surface area contributed by atoms with Crippen molar-refractivity contribution in [2.45, 2.75) is 36.4 Å². The first-order valence-electron chi connectivity index (χ1n) is 16.1. The Kier molecular flexibility index (Phi) is 10.8. The second-order valence-electron chi connectivity index (χ2n) is 12.3. The number of sulfonamides is 1. The van der Waals surface area contributed by atoms with Gasteiger partial charge in [0.1, 0.15) is 16.4 Å². The molecule has 19 heteroatoms. The average molecular weight is 761 g/mol. The largest absolute Gasteiger partial charge is 0.497 e. The number of hydrogen-bond acceptors (Lipinski definition) is 11. The summed E-state index contributed by atoms with van der Waals surface area (Å²) in [5, 5.41) is 23.3. The predicted molar refractivity (Wildman–Crippen MR) is 180 cm³/mol. The van der Waals surface area contributed by atoms with E-state index in [1.807, 2.05) is 0 Å². The lowest BCUT2D eigenvalue weighted by Gasteiger charge is -2.52. The molecule has 0 saturated carbocycles. The number of aromatic nitrogens is 1. The Morgan fingerprint density at radius 1 is 1.08 bits per heavy atom. The molecule has 3 N–H and O–H groups in total. The van der Waals surface area contributed by atoms with Crippen LogP contribution in [-0.2, 0) is 25.2 Å². The highest BCUT2D eigenvalue weighted by molar-refractivity contribution is 7.93. The average Bonchev–Trinajstić information content (AvgIpc) is 3.37. The van der Waals surface area contributed by atoms with E-state index in [9.17, 15) is 31.6 Å². The molecule has 1 aromatic heterocycles. The van der Waals surface area contributed by atoms with Crippen molar-refractivity contribution >= 4 is 33.6 Å². The van der Waals surface area contributed by atoms with E-state index in [2.05, 4.69) is 21.7 Å². The number of carbonyl (C=O) groups is 3. The van der Waals surface area contributed by atoms with E-state index in [1.54, 1.807) is 24.0 Å². The Morgan fingerprint density at radius 2 is 1.75 bits per heavy atom. The van der Waals surface area contributed by atoms with Crippen molar-refractivity contribution in [2.75, 3.05) is 51.3 Å². The Morgan fingerprint density at radius 3 is 2.34 bits per heavy atom. The predicted octanol–water partition coefficient (Wildman–Crippen LogP) is 3.38. The van der Waals surface area contributed by atoms with Gasteiger partial charge in [-0.25, -0.2) is 23.0 Å². The number of rotatable bonds is 8. The van der Waals surface area contributed by atoms with Crippen LogP contribution in [0, 0.1) is 16.7 Å². The molecule has 1 spiro atoms. The molecule has 1 atom stereocenters. The van der Waals surface area contributed by atoms with E-state index < -0.39 is 39.6 Å². The number of urea groups is 1. The second-order valence-corrected chi connectivity index (χ2v) is 14.1. The third kappa shape index (κ3) is 7.11. The highest BCUT2D eigenvalue weighted by Gasteiger charge is 2.60. The summed E-state index contributed by atoms with van der Waals surface area (Å²) in [5.41, 5.74) is -1.79. The summed E-state index contributed by atoms with van der Waals surface area (Å²) in [7, 11) is -1.93. The molecule has 0 aliphatic carbocycles. The van der Waals surface area contributed by atoms with Crippen molar-refractivity contribution in [3.63, 3.8) is 0 Å². The molecule has 2 fully saturated rings. The summed E-state index contributed by atoms with van der Waals surface area (Å²) >= 11 is 0. The number of nitrogens with one attached hydrogen (secondary N) is 2. The lowest BCUT2D eigenvalue weighted by atomic mass is 9.72. The molecule has 1 unspecified atom stereocenters. The molecule has 6 rings (SSSR count). The van der Waals surface area contributed by atoms with Gasteiger partial charge in [0.15, 0.2) is 5.54 Å². The lowest BCUT2D eigenvalue weighted by molar-refractivity contribution is -0.192. The molecule has 2 saturated heterocycles. The van der Waals surface area contributed by atoms with Crippen LogP contribution in [0.5, 0.6) is 17.4 Å². The van der Waals surface area contributed by atoms with Crippen LogP contribution in [-0.4, -0.2) is 94.5 Å². The molecule has 2 aromatic carbocycles. The summed E-state index contributed by atoms with van der Waals surface area (Å²) < 4.78 is 77.9. The number of amides is 3. The zero-order chi connectivity index (χ0) is 38.8. The number of carboxylic acids is 1. The highest BCUT2D eigenvalue weighted by atomic mass is 32.2. The molecular weight excluding hydrogens is 725 g/mol. The van der Waals surface area contributed by atoms with Gasteiger partial charge in [0.25, 0.3) is 15.9 Å². The van der Waals surface area contributed by atoms with Crippen LogP contribution < -0.4 is 29.1 Å². The van der Waals surface area contributed by atoms with Gasteiger partial charge >= 0.3 is 18.2 Å². The number of carbonyl (C=O) groups excluding carboxylic acids is 2. The first kappa shape index (κ1) is 38.6. The molecule has 3 aliphatic heterocycles. The number of ether oxygens (including phenoxy) is 3. The van der Waals surface area contributed by atoms with Gasteiger partial charge in [-0.15, -0.1) is 0 Å². The van der Waals surface area contributed by atoms with E-state index in [0.29, 0.717) is 23.1 Å². The standard InChI is InChI=1S/C32H34N6O7S.C2HF3O2/c1-4-45-28-23(6-5-13-35-28)32(36-30(40)37-19-31(20-37)11-14-34-15-12-31)24-16-21(18-33)7-9-25(24)38(29(32)39)46(41,42)27-10-8-22(43-2)17-26(27)44-3;3-2(4,5)1(6)7/h5-10,13,16-17,34H,4,11-12,14-15,19-20H2,1-3H3,(H,36,40);(H,6,7). The minimum atomic E-state index is -5.08. The van der Waals surface area contributed by atoms with Crippen LogP contribution in [0.4, 0.5) is 23.7 Å². The number of alkyl halides is 3. The van der Waals surface area contributed by atoms with Crippen molar-refractivity contribution in [1.82, 2.24) is 20.5 Å². The van der Waals surface area contributed by atoms with Crippen LogP contribution in [0.25, 0.3) is 0 Å². The number of pyridine rings is 1. The fourth-order valence-corrected chi connectivity index (χ4v) is 8.19. The third-order valence-electron chi connectivity index (χ3n) is 9.14. The van der Waals surface area contributed by atoms with E-state index in [-0.39, 0.29) is 50.9 Å². The van der Waals surface area contributed by atoms with Gasteiger partial charge in [0, 0.05) is 36.3 Å². The topological polar surface area (TPSA) is 200 Å². The van der Waals surface area contributed by atoms with Gasteiger partial charge in [-0.3, -0.25) is 4.79 Å². The van der Waals surface area contributed by atoms with Crippen LogP contribution in [0.3, 0.4) is 0 Å². The van der Waals surface area contributed by atoms with Crippen molar-refractivity contribution in [3.8, 4) is 23.4 Å². The molecule has 3 aromatic rings. The number of nitriles is 1. The number of anilines is 1. The summed E-state index contributed by atoms with van der Waals surface area (Å²) in [4.78, 5) is 43.7. The number of piperidine rings is 1. The Labute approximate surface area is 302 Å². The normalized spacial score (nSPS) is 18.8. The quantitative estimate of drug-likeness (QED) is 0.303. The Balaban J connectivity index is 0.000000705. The zero-order valence-corrected chi connectivity index (χ0v) is 29.5. The van der Waals surface area contributed by atoms with E-state index in [0.717, 1.165) is 25.9 Å². The molecule has 4 heterocycles. The fourth-order valence-electron chi connectivity index (χ4n) is 6.58. The first-order chi connectivity index (χ1) is 25.1. The lowest BCUT2D eigenvalue weighted by Crippen LogP contribution is -2.66. The van der Waals surface area contributed by atoms with E-state index in [1.165, 1.54) is 56.8 Å². The van der Waals surface area contributed by atoms with Gasteiger partial charge in [-0.1, -0.05) is 0 Å². The molecule has 3 amide bonds. The number of hydrogen-bond donors (Lipinski definition) is 3. The molecule has 53 heavy (non-hydrogen) atoms. The number of fused-ring (bicyclic) bond motifs is 1. The van der Waals surface area contributed by atoms with Crippen molar-refractivity contribution in [2.24, 2.45) is 5.41 Å². The second kappa shape index (κ2) is 14.8. The molecular formula is C34H35F3N6O9S. The third-order valence-corrected chi connectivity index (χ3v) is 10.9. The fraction of sp³-hybridized carbons (Fsp3) is 0.382. The monoisotopic (exact) mass is 760 g/mol. The molecule has 0 radical (unpaired) electrons. The summed E-state index contributed by atoms with van der Waals surface area (Å²) in [6, 6.07) is 13.0. The molecule has 3 aliphatic rings. The number of nitrogens with zero attached hydrogens (tertiary/aromatic N) is 4. The van der Waals surface area contributed by atoms with E-state index in [4.69, 9.17) is 24.1 Å². The van der Waals surface area contributed by atoms with Gasteiger partial charge < -0.3 is 34.9 Å². The number of likely N-dealkylation sites (tertiary alicyclic amines) is 1. The first-order valence-corrected chi connectivity index (χ1v) is 17.5. The number of methoxy groups -OCH3 is 2. The van der Waals surface area contributed by atoms with Crippen LogP contribution >= 0.6 is 0 Å². The summed E-state index contributed by atoms with van der Waals surface area (Å²) in [6.07, 6.45) is -1.77. The van der Waals surface area contributed by atoms with Gasteiger partial charge in [0.2, 0.25) is 5.88 Å². The number of halogens is 3. The van der Waals surface area contributed by atoms with Crippen molar-refractivity contribution < 1.29 is 55.3 Å².